The van der Waals surface area contributed by atoms with Gasteiger partial charge in [-0.05, 0) is 42.0 Å². The van der Waals surface area contributed by atoms with E-state index in [1.807, 2.05) is 14.0 Å². The van der Waals surface area contributed by atoms with Crippen LogP contribution in [-0.2, 0) is 0 Å². The Morgan fingerprint density at radius 3 is 2.78 bits per heavy atom. The molecule has 96 valence electrons. The smallest absolute Gasteiger partial charge is 0.173 e. The van der Waals surface area contributed by atoms with Crippen molar-refractivity contribution >= 4 is 27.3 Å². The summed E-state index contributed by atoms with van der Waals surface area (Å²) in [6, 6.07) is 2.81. The number of nitrogens with zero attached hydrogens (tertiary/aromatic N) is 1. The van der Waals surface area contributed by atoms with Gasteiger partial charge in [-0.1, -0.05) is 0 Å². The molecule has 1 N–H and O–H groups in total. The van der Waals surface area contributed by atoms with Crippen molar-refractivity contribution in [1.29, 1.82) is 0 Å². The number of halogens is 3. The summed E-state index contributed by atoms with van der Waals surface area (Å²) in [5, 5.41) is 3.77. The summed E-state index contributed by atoms with van der Waals surface area (Å²) < 4.78 is 26.6. The van der Waals surface area contributed by atoms with Crippen molar-refractivity contribution in [2.24, 2.45) is 0 Å². The Balaban J connectivity index is 2.43. The highest BCUT2D eigenvalue weighted by Gasteiger charge is 2.16. The monoisotopic (exact) mass is 332 g/mol. The van der Waals surface area contributed by atoms with Crippen molar-refractivity contribution in [1.82, 2.24) is 10.3 Å². The Hall–Kier alpha value is -0.850. The highest BCUT2D eigenvalue weighted by Crippen LogP contribution is 2.35. The SMILES string of the molecule is CNC(C)c1cnc(-c2ccc(F)c(F)c2Br)s1. The van der Waals surface area contributed by atoms with Crippen LogP contribution in [0.5, 0.6) is 0 Å². The lowest BCUT2D eigenvalue weighted by molar-refractivity contribution is 0.505. The van der Waals surface area contributed by atoms with E-state index in [0.717, 1.165) is 10.9 Å². The molecule has 2 nitrogen and oxygen atoms in total. The largest absolute Gasteiger partial charge is 0.312 e. The first-order valence-corrected chi connectivity index (χ1v) is 6.92. The molecule has 0 aliphatic heterocycles. The average molecular weight is 333 g/mol. The van der Waals surface area contributed by atoms with Gasteiger partial charge in [0.05, 0.1) is 4.47 Å². The third-order valence-corrected chi connectivity index (χ3v) is 4.64. The van der Waals surface area contributed by atoms with Gasteiger partial charge in [0, 0.05) is 22.7 Å². The number of aromatic nitrogens is 1. The van der Waals surface area contributed by atoms with Crippen molar-refractivity contribution in [2.45, 2.75) is 13.0 Å². The van der Waals surface area contributed by atoms with Gasteiger partial charge in [0.25, 0.3) is 0 Å². The van der Waals surface area contributed by atoms with Crippen LogP contribution in [0.15, 0.2) is 22.8 Å². The van der Waals surface area contributed by atoms with Crippen LogP contribution < -0.4 is 5.32 Å². The van der Waals surface area contributed by atoms with Gasteiger partial charge in [-0.3, -0.25) is 0 Å². The Kier molecular flexibility index (Phi) is 4.09. The zero-order valence-corrected chi connectivity index (χ0v) is 12.2. The summed E-state index contributed by atoms with van der Waals surface area (Å²) in [6.07, 6.45) is 1.74. The molecular formula is C12H11BrF2N2S. The quantitative estimate of drug-likeness (QED) is 0.855. The molecule has 0 saturated carbocycles. The van der Waals surface area contributed by atoms with E-state index in [0.29, 0.717) is 10.6 Å². The number of hydrogen-bond donors (Lipinski definition) is 1. The van der Waals surface area contributed by atoms with Gasteiger partial charge >= 0.3 is 0 Å². The van der Waals surface area contributed by atoms with Gasteiger partial charge in [-0.25, -0.2) is 13.8 Å². The van der Waals surface area contributed by atoms with Crippen molar-refractivity contribution in [2.75, 3.05) is 7.05 Å². The second-order valence-electron chi connectivity index (χ2n) is 3.80. The molecule has 0 saturated heterocycles. The molecule has 18 heavy (non-hydrogen) atoms. The topological polar surface area (TPSA) is 24.9 Å². The fourth-order valence-electron chi connectivity index (χ4n) is 1.44. The zero-order chi connectivity index (χ0) is 13.3. The van der Waals surface area contributed by atoms with Crippen LogP contribution >= 0.6 is 27.3 Å². The van der Waals surface area contributed by atoms with Crippen LogP contribution in [0.3, 0.4) is 0 Å². The van der Waals surface area contributed by atoms with E-state index >= 15 is 0 Å². The minimum absolute atomic E-state index is 0.112. The molecule has 6 heteroatoms. The van der Waals surface area contributed by atoms with Gasteiger partial charge in [-0.2, -0.15) is 0 Å². The molecule has 2 aromatic rings. The van der Waals surface area contributed by atoms with Crippen molar-refractivity contribution < 1.29 is 8.78 Å². The summed E-state index contributed by atoms with van der Waals surface area (Å²) in [7, 11) is 1.86. The third kappa shape index (κ3) is 2.46. The van der Waals surface area contributed by atoms with E-state index in [1.54, 1.807) is 6.20 Å². The molecule has 1 aromatic carbocycles. The molecule has 1 heterocycles. The summed E-state index contributed by atoms with van der Waals surface area (Å²) >= 11 is 4.52. The molecule has 1 atom stereocenters. The summed E-state index contributed by atoms with van der Waals surface area (Å²) in [5.74, 6) is -1.75. The second kappa shape index (κ2) is 5.42. The first kappa shape index (κ1) is 13.6. The Bertz CT molecular complexity index is 571. The molecule has 0 aliphatic rings. The van der Waals surface area contributed by atoms with Gasteiger partial charge in [0.15, 0.2) is 11.6 Å². The Morgan fingerprint density at radius 2 is 2.11 bits per heavy atom. The number of benzene rings is 1. The van der Waals surface area contributed by atoms with Crippen molar-refractivity contribution in [3.8, 4) is 10.6 Å². The minimum Gasteiger partial charge on any atom is -0.312 e. The predicted molar refractivity (Wildman–Crippen MR) is 72.6 cm³/mol. The van der Waals surface area contributed by atoms with Crippen molar-refractivity contribution in [3.63, 3.8) is 0 Å². The number of thiazole rings is 1. The van der Waals surface area contributed by atoms with Gasteiger partial charge in [0.1, 0.15) is 5.01 Å². The van der Waals surface area contributed by atoms with E-state index < -0.39 is 11.6 Å². The predicted octanol–water partition coefficient (Wildman–Crippen LogP) is 4.13. The maximum atomic E-state index is 13.5. The Labute approximate surface area is 116 Å². The maximum Gasteiger partial charge on any atom is 0.173 e. The molecule has 0 radical (unpaired) electrons. The molecule has 0 amide bonds. The Morgan fingerprint density at radius 1 is 1.39 bits per heavy atom. The molecule has 0 fully saturated rings. The molecule has 1 aromatic heterocycles. The highest BCUT2D eigenvalue weighted by atomic mass is 79.9. The third-order valence-electron chi connectivity index (χ3n) is 2.65. The van der Waals surface area contributed by atoms with Crippen molar-refractivity contribution in [3.05, 3.63) is 39.3 Å². The standard InChI is InChI=1S/C12H11BrF2N2S/c1-6(16-2)9-5-17-12(18-9)7-3-4-8(14)11(15)10(7)13/h3-6,16H,1-2H3. The molecule has 0 bridgehead atoms. The molecular weight excluding hydrogens is 322 g/mol. The molecule has 2 rings (SSSR count). The normalized spacial score (nSPS) is 12.7. The van der Waals surface area contributed by atoms with Crippen LogP contribution in [0, 0.1) is 11.6 Å². The van der Waals surface area contributed by atoms with Crippen LogP contribution in [0.2, 0.25) is 0 Å². The van der Waals surface area contributed by atoms with E-state index in [1.165, 1.54) is 17.4 Å². The van der Waals surface area contributed by atoms with E-state index in [9.17, 15) is 8.78 Å². The van der Waals surface area contributed by atoms with Gasteiger partial charge in [0.2, 0.25) is 0 Å². The van der Waals surface area contributed by atoms with E-state index in [2.05, 4.69) is 26.2 Å². The average Bonchev–Trinajstić information content (AvgIpc) is 2.84. The summed E-state index contributed by atoms with van der Waals surface area (Å²) in [6.45, 7) is 2.01. The zero-order valence-electron chi connectivity index (χ0n) is 9.80. The lowest BCUT2D eigenvalue weighted by Crippen LogP contribution is -2.10. The molecule has 1 unspecified atom stereocenters. The van der Waals surface area contributed by atoms with Gasteiger partial charge < -0.3 is 5.32 Å². The minimum atomic E-state index is -0.883. The van der Waals surface area contributed by atoms with Gasteiger partial charge in [-0.15, -0.1) is 11.3 Å². The number of nitrogens with one attached hydrogen (secondary N) is 1. The molecule has 0 spiro atoms. The summed E-state index contributed by atoms with van der Waals surface area (Å²) in [4.78, 5) is 5.29. The first-order valence-electron chi connectivity index (χ1n) is 5.31. The fourth-order valence-corrected chi connectivity index (χ4v) is 3.09. The van der Waals surface area contributed by atoms with E-state index in [4.69, 9.17) is 0 Å². The van der Waals surface area contributed by atoms with Crippen LogP contribution in [0.1, 0.15) is 17.8 Å². The lowest BCUT2D eigenvalue weighted by atomic mass is 10.2. The maximum absolute atomic E-state index is 13.5. The molecule has 0 aliphatic carbocycles. The number of hydrogen-bond acceptors (Lipinski definition) is 3. The van der Waals surface area contributed by atoms with Crippen LogP contribution in [0.4, 0.5) is 8.78 Å². The summed E-state index contributed by atoms with van der Waals surface area (Å²) in [5.41, 5.74) is 0.563. The van der Waals surface area contributed by atoms with Crippen LogP contribution in [-0.4, -0.2) is 12.0 Å². The highest BCUT2D eigenvalue weighted by molar-refractivity contribution is 9.10. The van der Waals surface area contributed by atoms with Crippen LogP contribution in [0.25, 0.3) is 10.6 Å². The second-order valence-corrected chi connectivity index (χ2v) is 5.66. The number of rotatable bonds is 3. The lowest BCUT2D eigenvalue weighted by Gasteiger charge is -2.05. The van der Waals surface area contributed by atoms with E-state index in [-0.39, 0.29) is 10.5 Å². The fraction of sp³-hybridized carbons (Fsp3) is 0.250. The first-order chi connectivity index (χ1) is 8.54.